The normalized spacial score (nSPS) is 43.4. The molecule has 3 aliphatic rings. The average Bonchev–Trinajstić information content (AvgIpc) is 3.17. The van der Waals surface area contributed by atoms with Gasteiger partial charge in [0.25, 0.3) is 0 Å². The van der Waals surface area contributed by atoms with Crippen molar-refractivity contribution in [2.45, 2.75) is 166 Å². The number of nitrogens with zero attached hydrogens (tertiary/aromatic N) is 2. The van der Waals surface area contributed by atoms with E-state index in [4.69, 9.17) is 37.9 Å². The largest absolute Gasteiger partial charge is 0.458 e. The molecule has 3 fully saturated rings. The number of hydrogen-bond donors (Lipinski definition) is 3. The van der Waals surface area contributed by atoms with Crippen molar-refractivity contribution in [2.75, 3.05) is 48.5 Å². The van der Waals surface area contributed by atoms with Gasteiger partial charge in [-0.3, -0.25) is 9.69 Å². The summed E-state index contributed by atoms with van der Waals surface area (Å²) in [5.74, 6) is -2.30. The summed E-state index contributed by atoms with van der Waals surface area (Å²) in [5.41, 5.74) is -1.08. The minimum absolute atomic E-state index is 0.125. The number of aliphatic hydroxyl groups is 3. The van der Waals surface area contributed by atoms with Gasteiger partial charge in [-0.25, -0.2) is 0 Å². The van der Waals surface area contributed by atoms with E-state index in [0.29, 0.717) is 26.0 Å². The van der Waals surface area contributed by atoms with Crippen LogP contribution in [-0.2, 0) is 49.3 Å². The second-order valence-corrected chi connectivity index (χ2v) is 17.7. The van der Waals surface area contributed by atoms with E-state index in [1.54, 1.807) is 28.1 Å². The van der Waals surface area contributed by atoms with Crippen LogP contribution in [0.2, 0.25) is 0 Å². The average molecular weight is 811 g/mol. The first kappa shape index (κ1) is 47.9. The Morgan fingerprint density at radius 1 is 0.895 bits per heavy atom. The number of hydrogen-bond acceptors (Lipinski definition) is 14. The van der Waals surface area contributed by atoms with Gasteiger partial charge in [0.2, 0.25) is 0 Å². The van der Waals surface area contributed by atoms with Crippen molar-refractivity contribution in [1.29, 1.82) is 0 Å². The lowest BCUT2D eigenvalue weighted by Gasteiger charge is -2.50. The van der Waals surface area contributed by atoms with Gasteiger partial charge in [0.05, 0.1) is 60.9 Å². The molecule has 0 aliphatic carbocycles. The number of benzene rings is 1. The number of aliphatic hydroxyl groups excluding tert-OH is 3. The molecule has 328 valence electrons. The number of ether oxygens (including phenoxy) is 8. The topological polar surface area (TPSA) is 158 Å². The molecule has 0 spiro atoms. The Morgan fingerprint density at radius 3 is 2.16 bits per heavy atom. The number of rotatable bonds is 11. The molecule has 14 heteroatoms. The summed E-state index contributed by atoms with van der Waals surface area (Å²) in [7, 11) is 8.88. The molecule has 0 aromatic heterocycles. The number of cyclic esters (lactones) is 1. The maximum atomic E-state index is 14.5. The maximum Gasteiger partial charge on any atom is 0.311 e. The van der Waals surface area contributed by atoms with Gasteiger partial charge in [-0.1, -0.05) is 44.2 Å². The molecule has 4 rings (SSSR count). The molecule has 1 aromatic rings. The SMILES string of the molecule is CO[C@]1(C)CC(O[C@H]2[C@H](C)[C@@H](O[C@@H]3O[C@H](C)C[C@H](N(C)C)[C@H]3O)[C@@](C)(OC)C[C@@H](C)[C@H](O)[C@H](C)N(C)C[C@@H](COCc3ccccc3)OC(=O)[C@@H]2C)O[C@@H](C)[C@@H]1O. The third kappa shape index (κ3) is 11.7. The van der Waals surface area contributed by atoms with E-state index in [-0.39, 0.29) is 37.1 Å². The Hall–Kier alpha value is -1.79. The lowest BCUT2D eigenvalue weighted by Crippen LogP contribution is -2.61. The maximum absolute atomic E-state index is 14.5. The van der Waals surface area contributed by atoms with Crippen LogP contribution in [-0.4, -0.2) is 164 Å². The molecule has 1 unspecified atom stereocenters. The van der Waals surface area contributed by atoms with Crippen LogP contribution in [0.1, 0.15) is 80.2 Å². The van der Waals surface area contributed by atoms with Crippen LogP contribution < -0.4 is 0 Å². The van der Waals surface area contributed by atoms with Crippen LogP contribution >= 0.6 is 0 Å². The first-order chi connectivity index (χ1) is 26.7. The number of carbonyl (C=O) groups is 1. The molecule has 57 heavy (non-hydrogen) atoms. The van der Waals surface area contributed by atoms with Crippen LogP contribution in [0.5, 0.6) is 0 Å². The fraction of sp³-hybridized carbons (Fsp3) is 0.837. The number of carbonyl (C=O) groups excluding carboxylic acids is 1. The van der Waals surface area contributed by atoms with Crippen molar-refractivity contribution in [3.8, 4) is 0 Å². The highest BCUT2D eigenvalue weighted by atomic mass is 16.7. The van der Waals surface area contributed by atoms with Crippen molar-refractivity contribution in [3.63, 3.8) is 0 Å². The summed E-state index contributed by atoms with van der Waals surface area (Å²) in [4.78, 5) is 18.4. The zero-order valence-electron chi connectivity index (χ0n) is 36.7. The fourth-order valence-electron chi connectivity index (χ4n) is 8.97. The molecule has 3 N–H and O–H groups in total. The summed E-state index contributed by atoms with van der Waals surface area (Å²) >= 11 is 0. The Balaban J connectivity index is 1.79. The van der Waals surface area contributed by atoms with E-state index in [2.05, 4.69) is 0 Å². The standard InChI is InChI=1S/C43H74N2O12/c1-25-20-43(8,51-13)39(57-41-36(47)33(44(9)10)19-26(2)53-41)27(3)37(56-34-21-42(7,50-12)38(48)30(6)54-34)28(4)40(49)55-32(22-45(11)29(5)35(25)46)24-52-23-31-17-15-14-16-18-31/h14-18,25-30,32-39,41,46-48H,19-24H2,1-13H3/t25-,26-,27+,28-,29+,30+,32+,33+,34?,35+,36-,37+,38+,39-,41+,42-,43+/m1/s1. The van der Waals surface area contributed by atoms with Crippen molar-refractivity contribution in [2.24, 2.45) is 17.8 Å². The second kappa shape index (κ2) is 20.7. The Kier molecular flexibility index (Phi) is 17.3. The molecule has 0 bridgehead atoms. The van der Waals surface area contributed by atoms with Gasteiger partial charge >= 0.3 is 5.97 Å². The van der Waals surface area contributed by atoms with Crippen molar-refractivity contribution in [1.82, 2.24) is 9.80 Å². The summed E-state index contributed by atoms with van der Waals surface area (Å²) in [6, 6.07) is 9.22. The minimum atomic E-state index is -1.09. The van der Waals surface area contributed by atoms with Crippen molar-refractivity contribution in [3.05, 3.63) is 35.9 Å². The quantitative estimate of drug-likeness (QED) is 0.279. The van der Waals surface area contributed by atoms with Crippen LogP contribution in [0.25, 0.3) is 0 Å². The van der Waals surface area contributed by atoms with Crippen LogP contribution in [0, 0.1) is 17.8 Å². The predicted molar refractivity (Wildman–Crippen MR) is 214 cm³/mol. The predicted octanol–water partition coefficient (Wildman–Crippen LogP) is 3.61. The van der Waals surface area contributed by atoms with Gasteiger partial charge in [-0.05, 0) is 87.0 Å². The third-order valence-electron chi connectivity index (χ3n) is 13.0. The van der Waals surface area contributed by atoms with Crippen LogP contribution in [0.4, 0.5) is 0 Å². The lowest BCUT2D eigenvalue weighted by atomic mass is 9.76. The van der Waals surface area contributed by atoms with Gasteiger partial charge in [-0.15, -0.1) is 0 Å². The fourth-order valence-corrected chi connectivity index (χ4v) is 8.97. The molecule has 0 amide bonds. The van der Waals surface area contributed by atoms with Crippen molar-refractivity contribution < 1.29 is 58.0 Å². The van der Waals surface area contributed by atoms with Gasteiger partial charge in [0.15, 0.2) is 12.6 Å². The van der Waals surface area contributed by atoms with Crippen LogP contribution in [0.15, 0.2) is 30.3 Å². The summed E-state index contributed by atoms with van der Waals surface area (Å²) in [6.07, 6.45) is -6.79. The van der Waals surface area contributed by atoms with Crippen LogP contribution in [0.3, 0.4) is 0 Å². The molecule has 3 aliphatic heterocycles. The number of esters is 1. The van der Waals surface area contributed by atoms with E-state index < -0.39 is 84.3 Å². The molecular weight excluding hydrogens is 736 g/mol. The highest BCUT2D eigenvalue weighted by molar-refractivity contribution is 5.73. The highest BCUT2D eigenvalue weighted by Gasteiger charge is 2.52. The van der Waals surface area contributed by atoms with E-state index in [0.717, 1.165) is 5.56 Å². The van der Waals surface area contributed by atoms with E-state index in [1.807, 2.05) is 103 Å². The highest BCUT2D eigenvalue weighted by Crippen LogP contribution is 2.41. The molecule has 14 nitrogen and oxygen atoms in total. The summed E-state index contributed by atoms with van der Waals surface area (Å²) < 4.78 is 51.0. The second-order valence-electron chi connectivity index (χ2n) is 17.7. The molecule has 3 heterocycles. The Labute approximate surface area is 341 Å². The molecular formula is C43H74N2O12. The summed E-state index contributed by atoms with van der Waals surface area (Å²) in [5, 5.41) is 34.6. The van der Waals surface area contributed by atoms with E-state index >= 15 is 0 Å². The van der Waals surface area contributed by atoms with Gasteiger partial charge in [0.1, 0.15) is 18.3 Å². The minimum Gasteiger partial charge on any atom is -0.458 e. The third-order valence-corrected chi connectivity index (χ3v) is 13.0. The Morgan fingerprint density at radius 2 is 1.54 bits per heavy atom. The van der Waals surface area contributed by atoms with E-state index in [9.17, 15) is 20.1 Å². The van der Waals surface area contributed by atoms with Gasteiger partial charge < -0.3 is 58.1 Å². The zero-order valence-corrected chi connectivity index (χ0v) is 36.7. The smallest absolute Gasteiger partial charge is 0.311 e. The lowest BCUT2D eigenvalue weighted by molar-refractivity contribution is -0.319. The molecule has 0 radical (unpaired) electrons. The monoisotopic (exact) mass is 811 g/mol. The number of likely N-dealkylation sites (N-methyl/N-ethyl adjacent to an activating group) is 2. The van der Waals surface area contributed by atoms with Gasteiger partial charge in [-0.2, -0.15) is 0 Å². The first-order valence-corrected chi connectivity index (χ1v) is 20.7. The summed E-state index contributed by atoms with van der Waals surface area (Å²) in [6.45, 7) is 15.9. The first-order valence-electron chi connectivity index (χ1n) is 20.7. The van der Waals surface area contributed by atoms with E-state index in [1.165, 1.54) is 0 Å². The molecule has 17 atom stereocenters. The van der Waals surface area contributed by atoms with Gasteiger partial charge in [0, 0.05) is 45.2 Å². The molecule has 3 saturated heterocycles. The Bertz CT molecular complexity index is 1380. The number of methoxy groups -OCH3 is 2. The molecule has 0 saturated carbocycles. The molecule has 1 aromatic carbocycles. The zero-order chi connectivity index (χ0) is 42.4. The van der Waals surface area contributed by atoms with Crippen molar-refractivity contribution >= 4 is 5.97 Å².